The minimum atomic E-state index is -1.28. The van der Waals surface area contributed by atoms with Crippen LogP contribution in [-0.2, 0) is 9.59 Å². The van der Waals surface area contributed by atoms with E-state index in [0.717, 1.165) is 31.4 Å². The van der Waals surface area contributed by atoms with Crippen LogP contribution in [0.15, 0.2) is 0 Å². The van der Waals surface area contributed by atoms with E-state index in [-0.39, 0.29) is 0 Å². The Hall–Kier alpha value is -1.44. The normalized spacial score (nSPS) is 11.7. The van der Waals surface area contributed by atoms with Gasteiger partial charge in [-0.3, -0.25) is 4.79 Å². The summed E-state index contributed by atoms with van der Waals surface area (Å²) in [5.74, 6) is -0.913. The predicted octanol–water partition coefficient (Wildman–Crippen LogP) is 0.538. The largest absolute Gasteiger partial charge is 0.480 e. The molecule has 0 aromatic rings. The van der Waals surface area contributed by atoms with Crippen LogP contribution in [0.25, 0.3) is 0 Å². The van der Waals surface area contributed by atoms with Crippen molar-refractivity contribution in [3.8, 4) is 0 Å². The first-order valence-electron chi connectivity index (χ1n) is 6.51. The lowest BCUT2D eigenvalue weighted by molar-refractivity contribution is -0.140. The number of rotatable bonds is 11. The summed E-state index contributed by atoms with van der Waals surface area (Å²) in [6, 6.07) is -1.88. The van der Waals surface area contributed by atoms with Crippen molar-refractivity contribution in [2.24, 2.45) is 5.73 Å². The summed E-state index contributed by atoms with van der Waals surface area (Å²) < 4.78 is 0. The van der Waals surface area contributed by atoms with Gasteiger partial charge < -0.3 is 21.5 Å². The molecule has 116 valence electrons. The highest BCUT2D eigenvalue weighted by molar-refractivity contribution is 7.98. The van der Waals surface area contributed by atoms with Gasteiger partial charge in [-0.2, -0.15) is 11.8 Å². The maximum Gasteiger partial charge on any atom is 0.326 e. The monoisotopic (exact) mass is 305 g/mol. The molecule has 1 atom stereocenters. The number of thioether (sulfide) groups is 1. The highest BCUT2D eigenvalue weighted by atomic mass is 32.2. The molecule has 0 aliphatic carbocycles. The quantitative estimate of drug-likeness (QED) is 0.415. The Balaban J connectivity index is 3.75. The van der Waals surface area contributed by atoms with Crippen LogP contribution in [0.4, 0.5) is 4.79 Å². The summed E-state index contributed by atoms with van der Waals surface area (Å²) in [7, 11) is 0. The van der Waals surface area contributed by atoms with Crippen molar-refractivity contribution in [1.82, 2.24) is 10.6 Å². The van der Waals surface area contributed by atoms with Crippen LogP contribution in [0.2, 0.25) is 0 Å². The number of hydrogen-bond donors (Lipinski definition) is 4. The fourth-order valence-corrected chi connectivity index (χ4v) is 2.03. The highest BCUT2D eigenvalue weighted by Crippen LogP contribution is 2.03. The second-order valence-corrected chi connectivity index (χ2v) is 5.35. The number of carboxylic acid groups (broad SMARTS) is 1. The number of urea groups is 1. The molecule has 0 aromatic carbocycles. The van der Waals surface area contributed by atoms with Crippen molar-refractivity contribution in [2.45, 2.75) is 38.1 Å². The Bertz CT molecular complexity index is 326. The van der Waals surface area contributed by atoms with Crippen molar-refractivity contribution in [2.75, 3.05) is 18.6 Å². The van der Waals surface area contributed by atoms with Crippen LogP contribution in [0.1, 0.15) is 32.1 Å². The van der Waals surface area contributed by atoms with Crippen molar-refractivity contribution >= 4 is 29.7 Å². The number of hydrogen-bond acceptors (Lipinski definition) is 4. The highest BCUT2D eigenvalue weighted by Gasteiger charge is 2.21. The smallest absolute Gasteiger partial charge is 0.326 e. The molecule has 8 heteroatoms. The first-order valence-corrected chi connectivity index (χ1v) is 7.91. The molecule has 0 saturated carbocycles. The molecule has 0 fully saturated rings. The summed E-state index contributed by atoms with van der Waals surface area (Å²) in [5.41, 5.74) is 4.91. The lowest BCUT2D eigenvalue weighted by Crippen LogP contribution is -2.47. The van der Waals surface area contributed by atoms with Crippen LogP contribution < -0.4 is 16.4 Å². The van der Waals surface area contributed by atoms with E-state index < -0.39 is 30.4 Å². The van der Waals surface area contributed by atoms with Crippen molar-refractivity contribution in [3.63, 3.8) is 0 Å². The predicted molar refractivity (Wildman–Crippen MR) is 78.6 cm³/mol. The molecule has 0 aliphatic heterocycles. The van der Waals surface area contributed by atoms with Crippen LogP contribution in [0.3, 0.4) is 0 Å². The number of nitrogens with two attached hydrogens (primary N) is 1. The van der Waals surface area contributed by atoms with E-state index in [1.807, 2.05) is 11.8 Å². The van der Waals surface area contributed by atoms with Gasteiger partial charge in [0, 0.05) is 6.54 Å². The SMILES string of the molecule is CSCCCCCCNC(=O)N[C@H](CC(N)=O)C(=O)O. The number of unbranched alkanes of at least 4 members (excludes halogenated alkanes) is 3. The topological polar surface area (TPSA) is 122 Å². The van der Waals surface area contributed by atoms with Gasteiger partial charge in [0.2, 0.25) is 5.91 Å². The van der Waals surface area contributed by atoms with Gasteiger partial charge in [0.05, 0.1) is 6.42 Å². The summed E-state index contributed by atoms with van der Waals surface area (Å²) in [6.45, 7) is 0.480. The average molecular weight is 305 g/mol. The average Bonchev–Trinajstić information content (AvgIpc) is 2.36. The van der Waals surface area contributed by atoms with E-state index in [0.29, 0.717) is 6.54 Å². The van der Waals surface area contributed by atoms with Gasteiger partial charge in [-0.1, -0.05) is 12.8 Å². The molecule has 0 bridgehead atoms. The Kier molecular flexibility index (Phi) is 10.6. The Morgan fingerprint density at radius 1 is 1.20 bits per heavy atom. The van der Waals surface area contributed by atoms with Crippen molar-refractivity contribution in [3.05, 3.63) is 0 Å². The molecule has 0 aromatic heterocycles. The maximum atomic E-state index is 11.4. The first kappa shape index (κ1) is 18.6. The molecule has 5 N–H and O–H groups in total. The zero-order chi connectivity index (χ0) is 15.4. The van der Waals surface area contributed by atoms with Crippen LogP contribution in [0.5, 0.6) is 0 Å². The first-order chi connectivity index (χ1) is 9.47. The molecule has 0 unspecified atom stereocenters. The lowest BCUT2D eigenvalue weighted by Gasteiger charge is -2.13. The molecule has 7 nitrogen and oxygen atoms in total. The van der Waals surface area contributed by atoms with Gasteiger partial charge in [-0.15, -0.1) is 0 Å². The fourth-order valence-electron chi connectivity index (χ4n) is 1.54. The molecule has 3 amide bonds. The van der Waals surface area contributed by atoms with Crippen LogP contribution in [-0.4, -0.2) is 47.6 Å². The summed E-state index contributed by atoms with van der Waals surface area (Å²) in [4.78, 5) is 32.9. The molecular weight excluding hydrogens is 282 g/mol. The Morgan fingerprint density at radius 3 is 2.40 bits per heavy atom. The molecule has 0 saturated heterocycles. The van der Waals surface area contributed by atoms with Gasteiger partial charge in [-0.05, 0) is 24.9 Å². The number of aliphatic carboxylic acids is 1. The summed E-state index contributed by atoms with van der Waals surface area (Å²) in [6.07, 6.45) is 5.78. The maximum absolute atomic E-state index is 11.4. The minimum absolute atomic E-state index is 0.419. The molecular formula is C12H23N3O4S. The molecule has 0 aliphatic rings. The summed E-state index contributed by atoms with van der Waals surface area (Å²) >= 11 is 1.81. The number of nitrogens with one attached hydrogen (secondary N) is 2. The number of carbonyl (C=O) groups is 3. The standard InChI is InChI=1S/C12H23N3O4S/c1-20-7-5-3-2-4-6-14-12(19)15-9(11(17)18)8-10(13)16/h9H,2-8H2,1H3,(H2,13,16)(H,17,18)(H2,14,15,19)/t9-/m1/s1. The molecule has 0 radical (unpaired) electrons. The van der Waals surface area contributed by atoms with Crippen molar-refractivity contribution in [1.29, 1.82) is 0 Å². The van der Waals surface area contributed by atoms with Gasteiger partial charge in [0.1, 0.15) is 6.04 Å². The zero-order valence-corrected chi connectivity index (χ0v) is 12.5. The van der Waals surface area contributed by atoms with E-state index in [4.69, 9.17) is 10.8 Å². The number of primary amides is 1. The van der Waals surface area contributed by atoms with E-state index in [1.165, 1.54) is 0 Å². The number of carbonyl (C=O) groups excluding carboxylic acids is 2. The third-order valence-corrected chi connectivity index (χ3v) is 3.27. The van der Waals surface area contributed by atoms with Crippen molar-refractivity contribution < 1.29 is 19.5 Å². The van der Waals surface area contributed by atoms with Gasteiger partial charge in [-0.25, -0.2) is 9.59 Å². The zero-order valence-electron chi connectivity index (χ0n) is 11.7. The molecule has 20 heavy (non-hydrogen) atoms. The molecule has 0 spiro atoms. The van der Waals surface area contributed by atoms with Gasteiger partial charge in [0.25, 0.3) is 0 Å². The number of amides is 3. The summed E-state index contributed by atoms with van der Waals surface area (Å²) in [5, 5.41) is 13.6. The van der Waals surface area contributed by atoms with E-state index in [1.54, 1.807) is 0 Å². The Morgan fingerprint density at radius 2 is 1.85 bits per heavy atom. The minimum Gasteiger partial charge on any atom is -0.480 e. The molecule has 0 heterocycles. The number of carboxylic acids is 1. The van der Waals surface area contributed by atoms with Gasteiger partial charge >= 0.3 is 12.0 Å². The third-order valence-electron chi connectivity index (χ3n) is 2.57. The third kappa shape index (κ3) is 10.5. The van der Waals surface area contributed by atoms with Gasteiger partial charge in [0.15, 0.2) is 0 Å². The van der Waals surface area contributed by atoms with Crippen LogP contribution >= 0.6 is 11.8 Å². The Labute approximate surface area is 123 Å². The second-order valence-electron chi connectivity index (χ2n) is 4.37. The lowest BCUT2D eigenvalue weighted by atomic mass is 10.2. The van der Waals surface area contributed by atoms with Crippen LogP contribution in [0, 0.1) is 0 Å². The second kappa shape index (κ2) is 11.4. The van der Waals surface area contributed by atoms with E-state index in [9.17, 15) is 14.4 Å². The fraction of sp³-hybridized carbons (Fsp3) is 0.750. The van der Waals surface area contributed by atoms with E-state index in [2.05, 4.69) is 16.9 Å². The van der Waals surface area contributed by atoms with E-state index >= 15 is 0 Å². The molecule has 0 rings (SSSR count).